The van der Waals surface area contributed by atoms with Crippen LogP contribution in [0.15, 0.2) is 0 Å². The summed E-state index contributed by atoms with van der Waals surface area (Å²) in [4.78, 5) is 72.8. The molecule has 4 unspecified atom stereocenters. The average molecular weight is 1400 g/mol. The monoisotopic (exact) mass is 1400 g/mol. The van der Waals surface area contributed by atoms with Crippen molar-refractivity contribution in [2.45, 2.75) is 413 Å². The molecule has 0 heterocycles. The van der Waals surface area contributed by atoms with Crippen LogP contribution >= 0.6 is 15.6 Å². The molecule has 0 aliphatic rings. The fourth-order valence-corrected chi connectivity index (χ4v) is 13.2. The Labute approximate surface area is 581 Å². The normalized spacial score (nSPS) is 14.6. The van der Waals surface area contributed by atoms with Gasteiger partial charge in [0.25, 0.3) is 0 Å². The first-order valence-corrected chi connectivity index (χ1v) is 42.6. The number of rotatable bonds is 75. The first-order valence-electron chi connectivity index (χ1n) is 39.6. The van der Waals surface area contributed by atoms with Crippen molar-refractivity contribution in [1.82, 2.24) is 0 Å². The number of carbonyl (C=O) groups is 4. The number of aliphatic hydroxyl groups is 1. The highest BCUT2D eigenvalue weighted by atomic mass is 31.2. The summed E-state index contributed by atoms with van der Waals surface area (Å²) in [6.07, 6.45) is 55.3. The van der Waals surface area contributed by atoms with Crippen LogP contribution in [0.3, 0.4) is 0 Å². The number of carbonyl (C=O) groups excluding carboxylic acids is 4. The highest BCUT2D eigenvalue weighted by Gasteiger charge is 2.30. The van der Waals surface area contributed by atoms with Gasteiger partial charge in [0.2, 0.25) is 0 Å². The molecule has 0 aromatic carbocycles. The van der Waals surface area contributed by atoms with E-state index in [4.69, 9.17) is 37.0 Å². The van der Waals surface area contributed by atoms with Crippen LogP contribution in [0.5, 0.6) is 0 Å². The molecule has 0 bridgehead atoms. The standard InChI is InChI=1S/C76H148O17P2/c1-7-11-13-15-17-19-21-23-25-26-27-29-31-37-41-49-55-61-75(80)92-71(64-86-73(78)58-52-46-39-35-33-32-34-38-44-50-56-68(5)9-3)66-90-94(82,83)88-62-70(77)63-89-95(84,85)91-67-72(65-87-74(79)59-53-47-43-42-45-51-57-69(6)10-4)93-76(81)60-54-48-40-36-30-28-24-22-20-18-16-14-12-8-2/h68-72,77H,7-67H2,1-6H3,(H,82,83)(H,84,85)/t68?,69?,70-,71-,72-/m1/s1. The van der Waals surface area contributed by atoms with Crippen LogP contribution in [-0.4, -0.2) is 96.7 Å². The van der Waals surface area contributed by atoms with E-state index in [1.165, 1.54) is 205 Å². The molecule has 17 nitrogen and oxygen atoms in total. The van der Waals surface area contributed by atoms with Gasteiger partial charge in [0.1, 0.15) is 19.3 Å². The van der Waals surface area contributed by atoms with E-state index in [-0.39, 0.29) is 25.7 Å². The van der Waals surface area contributed by atoms with Crippen molar-refractivity contribution >= 4 is 39.5 Å². The minimum absolute atomic E-state index is 0.107. The van der Waals surface area contributed by atoms with Crippen LogP contribution in [-0.2, 0) is 65.4 Å². The summed E-state index contributed by atoms with van der Waals surface area (Å²) in [5.41, 5.74) is 0. The van der Waals surface area contributed by atoms with Crippen molar-refractivity contribution in [3.63, 3.8) is 0 Å². The van der Waals surface area contributed by atoms with E-state index in [1.54, 1.807) is 0 Å². The zero-order chi connectivity index (χ0) is 70.0. The van der Waals surface area contributed by atoms with Gasteiger partial charge >= 0.3 is 39.5 Å². The summed E-state index contributed by atoms with van der Waals surface area (Å²) in [5.74, 6) is -0.574. The molecule has 0 aliphatic heterocycles. The van der Waals surface area contributed by atoms with Crippen molar-refractivity contribution in [1.29, 1.82) is 0 Å². The van der Waals surface area contributed by atoms with E-state index < -0.39 is 97.5 Å². The van der Waals surface area contributed by atoms with Gasteiger partial charge in [-0.1, -0.05) is 343 Å². The molecule has 564 valence electrons. The van der Waals surface area contributed by atoms with Gasteiger partial charge in [0.05, 0.1) is 26.4 Å². The lowest BCUT2D eigenvalue weighted by atomic mass is 9.99. The number of unbranched alkanes of at least 4 members (excludes halogenated alkanes) is 43. The molecule has 95 heavy (non-hydrogen) atoms. The Morgan fingerprint density at radius 1 is 0.295 bits per heavy atom. The summed E-state index contributed by atoms with van der Waals surface area (Å²) in [6, 6.07) is 0. The van der Waals surface area contributed by atoms with E-state index >= 15 is 0 Å². The summed E-state index contributed by atoms with van der Waals surface area (Å²) in [7, 11) is -9.91. The number of ether oxygens (including phenoxy) is 4. The van der Waals surface area contributed by atoms with E-state index in [0.717, 1.165) is 108 Å². The Morgan fingerprint density at radius 3 is 0.747 bits per heavy atom. The van der Waals surface area contributed by atoms with E-state index in [0.29, 0.717) is 25.7 Å². The predicted molar refractivity (Wildman–Crippen MR) is 386 cm³/mol. The number of phosphoric acid groups is 2. The Hall–Kier alpha value is -1.94. The fourth-order valence-electron chi connectivity index (χ4n) is 11.6. The third kappa shape index (κ3) is 67.6. The second-order valence-electron chi connectivity index (χ2n) is 27.9. The second kappa shape index (κ2) is 67.9. The maximum atomic E-state index is 13.1. The largest absolute Gasteiger partial charge is 0.472 e. The second-order valence-corrected chi connectivity index (χ2v) is 30.8. The molecule has 0 aromatic heterocycles. The van der Waals surface area contributed by atoms with Gasteiger partial charge < -0.3 is 33.8 Å². The molecule has 0 saturated heterocycles. The fraction of sp³-hybridized carbons (Fsp3) is 0.947. The predicted octanol–water partition coefficient (Wildman–Crippen LogP) is 22.3. The summed E-state index contributed by atoms with van der Waals surface area (Å²) >= 11 is 0. The van der Waals surface area contributed by atoms with Gasteiger partial charge in [-0.05, 0) is 37.5 Å². The first kappa shape index (κ1) is 93.1. The Kier molecular flexibility index (Phi) is 66.5. The van der Waals surface area contributed by atoms with Gasteiger partial charge in [0.15, 0.2) is 12.2 Å². The molecule has 0 aromatic rings. The maximum absolute atomic E-state index is 13.1. The number of phosphoric ester groups is 2. The number of hydrogen-bond donors (Lipinski definition) is 3. The Morgan fingerprint density at radius 2 is 0.505 bits per heavy atom. The third-order valence-electron chi connectivity index (χ3n) is 18.4. The third-order valence-corrected chi connectivity index (χ3v) is 20.3. The SMILES string of the molecule is CCCCCCCCCCCCCCCCCCCC(=O)O[C@H](COC(=O)CCCCCCCCCCCCC(C)CC)COP(=O)(O)OC[C@@H](O)COP(=O)(O)OC[C@@H](COC(=O)CCCCCCCCC(C)CC)OC(=O)CCCCCCCCCCCCCCCC. The van der Waals surface area contributed by atoms with E-state index in [2.05, 4.69) is 41.5 Å². The molecule has 0 fully saturated rings. The first-order chi connectivity index (χ1) is 45.9. The molecule has 19 heteroatoms. The van der Waals surface area contributed by atoms with Crippen LogP contribution in [0.2, 0.25) is 0 Å². The molecule has 3 N–H and O–H groups in total. The lowest BCUT2D eigenvalue weighted by Crippen LogP contribution is -2.30. The number of hydrogen-bond acceptors (Lipinski definition) is 15. The minimum atomic E-state index is -4.96. The highest BCUT2D eigenvalue weighted by molar-refractivity contribution is 7.47. The molecule has 0 aliphatic carbocycles. The smallest absolute Gasteiger partial charge is 0.462 e. The van der Waals surface area contributed by atoms with Crippen LogP contribution in [0.25, 0.3) is 0 Å². The number of esters is 4. The van der Waals surface area contributed by atoms with Gasteiger partial charge in [-0.25, -0.2) is 9.13 Å². The van der Waals surface area contributed by atoms with Crippen molar-refractivity contribution < 1.29 is 80.2 Å². The highest BCUT2D eigenvalue weighted by Crippen LogP contribution is 2.45. The lowest BCUT2D eigenvalue weighted by Gasteiger charge is -2.21. The number of aliphatic hydroxyl groups excluding tert-OH is 1. The van der Waals surface area contributed by atoms with Gasteiger partial charge in [0, 0.05) is 25.7 Å². The molecule has 0 saturated carbocycles. The molecule has 0 spiro atoms. The molecule has 0 rings (SSSR count). The van der Waals surface area contributed by atoms with Crippen molar-refractivity contribution in [3.05, 3.63) is 0 Å². The minimum Gasteiger partial charge on any atom is -0.462 e. The quantitative estimate of drug-likeness (QED) is 0.0222. The van der Waals surface area contributed by atoms with Gasteiger partial charge in [-0.3, -0.25) is 37.3 Å². The van der Waals surface area contributed by atoms with Crippen LogP contribution in [0.4, 0.5) is 0 Å². The van der Waals surface area contributed by atoms with Crippen molar-refractivity contribution in [3.8, 4) is 0 Å². The topological polar surface area (TPSA) is 237 Å². The van der Waals surface area contributed by atoms with E-state index in [9.17, 15) is 43.2 Å². The summed E-state index contributed by atoms with van der Waals surface area (Å²) < 4.78 is 68.5. The summed E-state index contributed by atoms with van der Waals surface area (Å²) in [5, 5.41) is 10.6. The lowest BCUT2D eigenvalue weighted by molar-refractivity contribution is -0.161. The molecular weight excluding hydrogens is 1250 g/mol. The molecule has 0 radical (unpaired) electrons. The van der Waals surface area contributed by atoms with E-state index in [1.807, 2.05) is 0 Å². The van der Waals surface area contributed by atoms with Gasteiger partial charge in [-0.15, -0.1) is 0 Å². The zero-order valence-corrected chi connectivity index (χ0v) is 63.8. The Bertz CT molecular complexity index is 1840. The van der Waals surface area contributed by atoms with Crippen LogP contribution in [0, 0.1) is 11.8 Å². The average Bonchev–Trinajstić information content (AvgIpc) is 1.35. The molecule has 7 atom stereocenters. The summed E-state index contributed by atoms with van der Waals surface area (Å²) in [6.45, 7) is 9.59. The molecular formula is C76H148O17P2. The van der Waals surface area contributed by atoms with Crippen molar-refractivity contribution in [2.24, 2.45) is 11.8 Å². The Balaban J connectivity index is 5.26. The maximum Gasteiger partial charge on any atom is 0.472 e. The molecule has 0 amide bonds. The van der Waals surface area contributed by atoms with Gasteiger partial charge in [-0.2, -0.15) is 0 Å². The van der Waals surface area contributed by atoms with Crippen molar-refractivity contribution in [2.75, 3.05) is 39.6 Å². The van der Waals surface area contributed by atoms with Crippen LogP contribution < -0.4 is 0 Å². The zero-order valence-electron chi connectivity index (χ0n) is 62.0. The van der Waals surface area contributed by atoms with Crippen LogP contribution in [0.1, 0.15) is 395 Å².